The molecule has 3 rings (SSSR count). The Hall–Kier alpha value is -1.59. The minimum Gasteiger partial charge on any atom is -0.396 e. The number of rotatable bonds is 4. The van der Waals surface area contributed by atoms with Gasteiger partial charge in [-0.25, -0.2) is 4.79 Å². The maximum absolute atomic E-state index is 12.5. The van der Waals surface area contributed by atoms with Crippen LogP contribution in [-0.2, 0) is 0 Å². The molecular weight excluding hydrogens is 314 g/mol. The summed E-state index contributed by atoms with van der Waals surface area (Å²) in [4.78, 5) is 16.9. The molecule has 1 aromatic rings. The Kier molecular flexibility index (Phi) is 6.32. The predicted molar refractivity (Wildman–Crippen MR) is 99.4 cm³/mol. The van der Waals surface area contributed by atoms with Crippen LogP contribution in [0.15, 0.2) is 30.3 Å². The Morgan fingerprint density at radius 3 is 2.60 bits per heavy atom. The monoisotopic (exact) mass is 345 g/mol. The number of aliphatic hydroxyl groups excluding tert-OH is 1. The lowest BCUT2D eigenvalue weighted by Gasteiger charge is -2.38. The number of carbonyl (C=O) groups is 1. The molecule has 25 heavy (non-hydrogen) atoms. The number of likely N-dealkylation sites (tertiary alicyclic amines) is 2. The van der Waals surface area contributed by atoms with Crippen molar-refractivity contribution >= 4 is 6.03 Å². The number of amides is 2. The Labute approximate surface area is 151 Å². The van der Waals surface area contributed by atoms with Crippen LogP contribution in [-0.4, -0.2) is 59.8 Å². The van der Waals surface area contributed by atoms with Crippen molar-refractivity contribution in [2.45, 2.75) is 44.7 Å². The first kappa shape index (κ1) is 18.2. The molecule has 2 N–H and O–H groups in total. The van der Waals surface area contributed by atoms with Crippen LogP contribution in [0.25, 0.3) is 0 Å². The smallest absolute Gasteiger partial charge is 0.317 e. The van der Waals surface area contributed by atoms with E-state index in [2.05, 4.69) is 47.5 Å². The van der Waals surface area contributed by atoms with Gasteiger partial charge in [-0.2, -0.15) is 0 Å². The largest absolute Gasteiger partial charge is 0.396 e. The lowest BCUT2D eigenvalue weighted by Crippen LogP contribution is -2.51. The number of hydrogen-bond donors (Lipinski definition) is 2. The molecule has 0 saturated carbocycles. The van der Waals surface area contributed by atoms with Crippen LogP contribution in [0, 0.1) is 5.92 Å². The van der Waals surface area contributed by atoms with Gasteiger partial charge in [0, 0.05) is 44.9 Å². The molecule has 1 aromatic carbocycles. The molecule has 5 heteroatoms. The van der Waals surface area contributed by atoms with Crippen molar-refractivity contribution in [3.63, 3.8) is 0 Å². The average Bonchev–Trinajstić information content (AvgIpc) is 2.68. The molecule has 0 radical (unpaired) electrons. The maximum atomic E-state index is 12.5. The second-order valence-corrected chi connectivity index (χ2v) is 7.48. The van der Waals surface area contributed by atoms with E-state index in [-0.39, 0.29) is 24.6 Å². The van der Waals surface area contributed by atoms with Crippen molar-refractivity contribution in [3.05, 3.63) is 35.9 Å². The number of nitrogens with zero attached hydrogens (tertiary/aromatic N) is 2. The van der Waals surface area contributed by atoms with Crippen molar-refractivity contribution in [1.82, 2.24) is 15.1 Å². The van der Waals surface area contributed by atoms with E-state index in [1.807, 2.05) is 4.90 Å². The summed E-state index contributed by atoms with van der Waals surface area (Å²) in [7, 11) is 0. The molecule has 2 fully saturated rings. The molecule has 0 spiro atoms. The van der Waals surface area contributed by atoms with Crippen molar-refractivity contribution < 1.29 is 9.90 Å². The Morgan fingerprint density at radius 2 is 1.92 bits per heavy atom. The first-order valence-corrected chi connectivity index (χ1v) is 9.62. The topological polar surface area (TPSA) is 55.8 Å². The number of carbonyl (C=O) groups excluding carboxylic acids is 1. The van der Waals surface area contributed by atoms with Crippen LogP contribution in [0.5, 0.6) is 0 Å². The highest BCUT2D eigenvalue weighted by molar-refractivity contribution is 5.74. The second-order valence-electron chi connectivity index (χ2n) is 7.48. The molecule has 138 valence electrons. The molecule has 0 aromatic heterocycles. The fourth-order valence-corrected chi connectivity index (χ4v) is 4.04. The summed E-state index contributed by atoms with van der Waals surface area (Å²) in [6.07, 6.45) is 4.02. The summed E-state index contributed by atoms with van der Waals surface area (Å²) >= 11 is 0. The third-order valence-electron chi connectivity index (χ3n) is 5.75. The fraction of sp³-hybridized carbons (Fsp3) is 0.650. The zero-order valence-electron chi connectivity index (χ0n) is 15.2. The van der Waals surface area contributed by atoms with Gasteiger partial charge >= 0.3 is 6.03 Å². The van der Waals surface area contributed by atoms with Gasteiger partial charge in [0.25, 0.3) is 0 Å². The predicted octanol–water partition coefficient (Wildman–Crippen LogP) is 2.63. The summed E-state index contributed by atoms with van der Waals surface area (Å²) in [6, 6.07) is 11.4. The number of hydrogen-bond acceptors (Lipinski definition) is 3. The summed E-state index contributed by atoms with van der Waals surface area (Å²) in [5, 5.41) is 12.5. The summed E-state index contributed by atoms with van der Waals surface area (Å²) < 4.78 is 0. The lowest BCUT2D eigenvalue weighted by molar-refractivity contribution is 0.119. The first-order valence-electron chi connectivity index (χ1n) is 9.62. The third kappa shape index (κ3) is 4.73. The molecule has 5 nitrogen and oxygen atoms in total. The average molecular weight is 345 g/mol. The van der Waals surface area contributed by atoms with Gasteiger partial charge in [0.15, 0.2) is 0 Å². The van der Waals surface area contributed by atoms with Crippen LogP contribution >= 0.6 is 0 Å². The SMILES string of the molecule is CC(c1ccccc1)N1CCC(NC(=O)N2CCCC(CO)C2)CC1. The van der Waals surface area contributed by atoms with Crippen LogP contribution in [0.1, 0.15) is 44.2 Å². The van der Waals surface area contributed by atoms with Gasteiger partial charge in [0.2, 0.25) is 0 Å². The van der Waals surface area contributed by atoms with Gasteiger partial charge in [0.1, 0.15) is 0 Å². The maximum Gasteiger partial charge on any atom is 0.317 e. The van der Waals surface area contributed by atoms with E-state index < -0.39 is 0 Å². The van der Waals surface area contributed by atoms with E-state index in [0.717, 1.165) is 45.3 Å². The van der Waals surface area contributed by atoms with E-state index in [9.17, 15) is 9.90 Å². The van der Waals surface area contributed by atoms with Gasteiger partial charge in [-0.1, -0.05) is 30.3 Å². The lowest BCUT2D eigenvalue weighted by atomic mass is 9.99. The molecule has 2 aliphatic rings. The third-order valence-corrected chi connectivity index (χ3v) is 5.75. The molecule has 0 bridgehead atoms. The van der Waals surface area contributed by atoms with Gasteiger partial charge < -0.3 is 15.3 Å². The molecule has 2 unspecified atom stereocenters. The van der Waals surface area contributed by atoms with Crippen molar-refractivity contribution in [1.29, 1.82) is 0 Å². The molecule has 0 aliphatic carbocycles. The highest BCUT2D eigenvalue weighted by atomic mass is 16.3. The van der Waals surface area contributed by atoms with E-state index in [1.165, 1.54) is 5.56 Å². The van der Waals surface area contributed by atoms with E-state index in [1.54, 1.807) is 0 Å². The van der Waals surface area contributed by atoms with Crippen molar-refractivity contribution in [2.75, 3.05) is 32.8 Å². The number of piperidine rings is 2. The van der Waals surface area contributed by atoms with Crippen LogP contribution in [0.3, 0.4) is 0 Å². The van der Waals surface area contributed by atoms with Crippen LogP contribution < -0.4 is 5.32 Å². The molecule has 2 aliphatic heterocycles. The highest BCUT2D eigenvalue weighted by Crippen LogP contribution is 2.24. The van der Waals surface area contributed by atoms with E-state index in [4.69, 9.17) is 0 Å². The van der Waals surface area contributed by atoms with E-state index >= 15 is 0 Å². The Morgan fingerprint density at radius 1 is 1.20 bits per heavy atom. The molecular formula is C20H31N3O2. The van der Waals surface area contributed by atoms with Gasteiger partial charge in [0.05, 0.1) is 0 Å². The fourth-order valence-electron chi connectivity index (χ4n) is 4.04. The van der Waals surface area contributed by atoms with Gasteiger partial charge in [-0.05, 0) is 44.1 Å². The number of aliphatic hydroxyl groups is 1. The van der Waals surface area contributed by atoms with Crippen molar-refractivity contribution in [3.8, 4) is 0 Å². The molecule has 2 atom stereocenters. The number of nitrogens with one attached hydrogen (secondary N) is 1. The normalized spacial score (nSPS) is 24.1. The van der Waals surface area contributed by atoms with Gasteiger partial charge in [-0.3, -0.25) is 4.90 Å². The number of benzene rings is 1. The zero-order chi connectivity index (χ0) is 17.6. The number of urea groups is 1. The molecule has 2 saturated heterocycles. The van der Waals surface area contributed by atoms with Crippen molar-refractivity contribution in [2.24, 2.45) is 5.92 Å². The van der Waals surface area contributed by atoms with Crippen LogP contribution in [0.2, 0.25) is 0 Å². The highest BCUT2D eigenvalue weighted by Gasteiger charge is 2.27. The summed E-state index contributed by atoms with van der Waals surface area (Å²) in [5.74, 6) is 0.244. The minimum atomic E-state index is 0.0488. The second kappa shape index (κ2) is 8.68. The minimum absolute atomic E-state index is 0.0488. The summed E-state index contributed by atoms with van der Waals surface area (Å²) in [6.45, 7) is 5.97. The Bertz CT molecular complexity index is 543. The molecule has 2 amide bonds. The first-order chi connectivity index (χ1) is 12.2. The summed E-state index contributed by atoms with van der Waals surface area (Å²) in [5.41, 5.74) is 1.35. The quantitative estimate of drug-likeness (QED) is 0.882. The van der Waals surface area contributed by atoms with E-state index in [0.29, 0.717) is 12.6 Å². The van der Waals surface area contributed by atoms with Gasteiger partial charge in [-0.15, -0.1) is 0 Å². The Balaban J connectivity index is 1.45. The standard InChI is InChI=1S/C20H31N3O2/c1-16(18-7-3-2-4-8-18)22-12-9-19(10-13-22)21-20(25)23-11-5-6-17(14-23)15-24/h2-4,7-8,16-17,19,24H,5-6,9-15H2,1H3,(H,21,25). The zero-order valence-corrected chi connectivity index (χ0v) is 15.2. The van der Waals surface area contributed by atoms with Crippen LogP contribution in [0.4, 0.5) is 4.79 Å². The molecule has 2 heterocycles.